The largest absolute Gasteiger partial charge is 0.252 e. The summed E-state index contributed by atoms with van der Waals surface area (Å²) in [4.78, 5) is 5.04. The topological polar surface area (TPSA) is 12.4 Å². The lowest BCUT2D eigenvalue weighted by Gasteiger charge is -2.10. The third kappa shape index (κ3) is 2.79. The van der Waals surface area contributed by atoms with E-state index in [1.54, 1.807) is 0 Å². The molecule has 1 aliphatic carbocycles. The fourth-order valence-corrected chi connectivity index (χ4v) is 3.32. The van der Waals surface area contributed by atoms with Gasteiger partial charge in [-0.1, -0.05) is 69.0 Å². The Labute approximate surface area is 138 Å². The van der Waals surface area contributed by atoms with E-state index in [2.05, 4.69) is 62.9 Å². The van der Waals surface area contributed by atoms with Crippen LogP contribution in [-0.4, -0.2) is 5.71 Å². The van der Waals surface area contributed by atoms with E-state index in [1.807, 2.05) is 19.1 Å². The van der Waals surface area contributed by atoms with E-state index in [0.717, 1.165) is 17.8 Å². The molecule has 0 saturated carbocycles. The number of aliphatic imine (C=N–C) groups is 1. The lowest BCUT2D eigenvalue weighted by molar-refractivity contribution is 0.782. The van der Waals surface area contributed by atoms with Crippen molar-refractivity contribution in [3.8, 4) is 0 Å². The van der Waals surface area contributed by atoms with E-state index in [1.165, 1.54) is 27.5 Å². The van der Waals surface area contributed by atoms with Gasteiger partial charge in [-0.3, -0.25) is 4.99 Å². The van der Waals surface area contributed by atoms with Gasteiger partial charge in [0.15, 0.2) is 0 Å². The Morgan fingerprint density at radius 1 is 1.17 bits per heavy atom. The third-order valence-corrected chi connectivity index (χ3v) is 4.38. The van der Waals surface area contributed by atoms with Crippen LogP contribution in [0.2, 0.25) is 0 Å². The molecule has 0 amide bonds. The maximum Gasteiger partial charge on any atom is 0.0664 e. The fraction of sp³-hybridized carbons (Fsp3) is 0.227. The number of nitrogens with zero attached hydrogens (tertiary/aromatic N) is 1. The van der Waals surface area contributed by atoms with Crippen LogP contribution in [0.15, 0.2) is 77.5 Å². The second-order valence-corrected chi connectivity index (χ2v) is 6.26. The molecule has 23 heavy (non-hydrogen) atoms. The highest BCUT2D eigenvalue weighted by Crippen LogP contribution is 2.32. The van der Waals surface area contributed by atoms with Crippen LogP contribution in [0.4, 0.5) is 0 Å². The fourth-order valence-electron chi connectivity index (χ4n) is 3.32. The van der Waals surface area contributed by atoms with E-state index in [9.17, 15) is 0 Å². The van der Waals surface area contributed by atoms with Crippen LogP contribution in [0.3, 0.4) is 0 Å². The normalized spacial score (nSPS) is 16.6. The second kappa shape index (κ2) is 6.37. The molecule has 1 nitrogen and oxygen atoms in total. The van der Waals surface area contributed by atoms with Crippen LogP contribution >= 0.6 is 0 Å². The van der Waals surface area contributed by atoms with Gasteiger partial charge >= 0.3 is 0 Å². The summed E-state index contributed by atoms with van der Waals surface area (Å²) in [6.45, 7) is 10.4. The molecule has 0 bridgehead atoms. The lowest BCUT2D eigenvalue weighted by atomic mass is 10.0. The minimum atomic E-state index is 0.405. The average molecular weight is 301 g/mol. The molecule has 2 aromatic rings. The van der Waals surface area contributed by atoms with Crippen LogP contribution in [-0.2, 0) is 6.42 Å². The monoisotopic (exact) mass is 301 g/mol. The smallest absolute Gasteiger partial charge is 0.0664 e. The zero-order valence-corrected chi connectivity index (χ0v) is 14.1. The van der Waals surface area contributed by atoms with Crippen LogP contribution in [0.25, 0.3) is 10.8 Å². The van der Waals surface area contributed by atoms with Gasteiger partial charge in [-0.05, 0) is 40.8 Å². The van der Waals surface area contributed by atoms with Crippen LogP contribution in [0.5, 0.6) is 0 Å². The molecule has 0 saturated heterocycles. The van der Waals surface area contributed by atoms with Gasteiger partial charge < -0.3 is 0 Å². The predicted octanol–water partition coefficient (Wildman–Crippen LogP) is 5.86. The van der Waals surface area contributed by atoms with Crippen molar-refractivity contribution in [1.82, 2.24) is 0 Å². The maximum atomic E-state index is 5.04. The van der Waals surface area contributed by atoms with Gasteiger partial charge in [0.1, 0.15) is 0 Å². The minimum absolute atomic E-state index is 0.405. The van der Waals surface area contributed by atoms with Crippen molar-refractivity contribution >= 4 is 16.5 Å². The molecule has 0 heterocycles. The minimum Gasteiger partial charge on any atom is -0.252 e. The van der Waals surface area contributed by atoms with Gasteiger partial charge in [0, 0.05) is 12.0 Å². The molecular weight excluding hydrogens is 278 g/mol. The summed E-state index contributed by atoms with van der Waals surface area (Å²) in [7, 11) is 0. The molecule has 0 atom stereocenters. The lowest BCUT2D eigenvalue weighted by Crippen LogP contribution is -2.01. The molecule has 1 aliphatic rings. The Morgan fingerprint density at radius 3 is 2.57 bits per heavy atom. The molecule has 0 aliphatic heterocycles. The molecule has 0 fully saturated rings. The van der Waals surface area contributed by atoms with Gasteiger partial charge in [0.25, 0.3) is 0 Å². The van der Waals surface area contributed by atoms with Crippen molar-refractivity contribution in [3.63, 3.8) is 0 Å². The molecule has 3 rings (SSSR count). The van der Waals surface area contributed by atoms with E-state index in [-0.39, 0.29) is 0 Å². The van der Waals surface area contributed by atoms with Crippen LogP contribution in [0.1, 0.15) is 31.9 Å². The Bertz CT molecular complexity index is 842. The summed E-state index contributed by atoms with van der Waals surface area (Å²) in [6, 6.07) is 13.0. The molecule has 1 heteroatoms. The van der Waals surface area contributed by atoms with Gasteiger partial charge in [0.2, 0.25) is 0 Å². The quantitative estimate of drug-likeness (QED) is 0.627. The molecule has 0 unspecified atom stereocenters. The predicted molar refractivity (Wildman–Crippen MR) is 101 cm³/mol. The number of allylic oxidation sites excluding steroid dienone is 4. The number of hydrogen-bond donors (Lipinski definition) is 0. The summed E-state index contributed by atoms with van der Waals surface area (Å²) in [5, 5.41) is 2.66. The first kappa shape index (κ1) is 15.5. The first-order valence-corrected chi connectivity index (χ1v) is 8.23. The first-order valence-electron chi connectivity index (χ1n) is 8.23. The Hall–Kier alpha value is -2.41. The van der Waals surface area contributed by atoms with Crippen molar-refractivity contribution in [2.24, 2.45) is 10.9 Å². The van der Waals surface area contributed by atoms with E-state index in [0.29, 0.717) is 5.92 Å². The van der Waals surface area contributed by atoms with Crippen molar-refractivity contribution in [3.05, 3.63) is 83.6 Å². The van der Waals surface area contributed by atoms with Gasteiger partial charge in [-0.2, -0.15) is 0 Å². The van der Waals surface area contributed by atoms with Gasteiger partial charge in [0.05, 0.1) is 11.4 Å². The highest BCUT2D eigenvalue weighted by molar-refractivity contribution is 6.18. The highest BCUT2D eigenvalue weighted by atomic mass is 14.8. The number of rotatable bonds is 4. The molecule has 116 valence electrons. The Kier molecular flexibility index (Phi) is 4.29. The van der Waals surface area contributed by atoms with Crippen molar-refractivity contribution < 1.29 is 0 Å². The molecule has 0 radical (unpaired) electrons. The molecule has 2 aromatic carbocycles. The van der Waals surface area contributed by atoms with E-state index < -0.39 is 0 Å². The van der Waals surface area contributed by atoms with Crippen LogP contribution in [0, 0.1) is 5.92 Å². The summed E-state index contributed by atoms with van der Waals surface area (Å²) in [5.41, 5.74) is 6.02. The van der Waals surface area contributed by atoms with E-state index in [4.69, 9.17) is 4.99 Å². The summed E-state index contributed by atoms with van der Waals surface area (Å²) >= 11 is 0. The van der Waals surface area contributed by atoms with Crippen molar-refractivity contribution in [2.45, 2.75) is 27.2 Å². The summed E-state index contributed by atoms with van der Waals surface area (Å²) in [6.07, 6.45) is 6.98. The summed E-state index contributed by atoms with van der Waals surface area (Å²) < 4.78 is 0. The van der Waals surface area contributed by atoms with Gasteiger partial charge in [-0.15, -0.1) is 0 Å². The second-order valence-electron chi connectivity index (χ2n) is 6.26. The SMILES string of the molecule is C=C/C(=C(\C=C/C)N=C1Cc2cccc3cccc1c23)C(C)C. The molecule has 0 aromatic heterocycles. The first-order chi connectivity index (χ1) is 11.2. The number of benzene rings is 2. The molecular formula is C22H23N. The Morgan fingerprint density at radius 2 is 1.91 bits per heavy atom. The van der Waals surface area contributed by atoms with E-state index >= 15 is 0 Å². The van der Waals surface area contributed by atoms with Crippen LogP contribution < -0.4 is 0 Å². The average Bonchev–Trinajstić information content (AvgIpc) is 2.88. The molecule has 0 spiro atoms. The van der Waals surface area contributed by atoms with Crippen molar-refractivity contribution in [1.29, 1.82) is 0 Å². The zero-order valence-electron chi connectivity index (χ0n) is 14.1. The molecule has 0 N–H and O–H groups in total. The standard InChI is InChI=1S/C22H23N/c1-5-9-20(18(6-2)15(3)4)23-21-14-17-12-7-10-16-11-8-13-19(21)22(16)17/h5-13,15H,2,14H2,1,3-4H3/b9-5-,20-18-,23-21?. The number of hydrogen-bond acceptors (Lipinski definition) is 1. The third-order valence-electron chi connectivity index (χ3n) is 4.38. The summed E-state index contributed by atoms with van der Waals surface area (Å²) in [5.74, 6) is 0.405. The highest BCUT2D eigenvalue weighted by Gasteiger charge is 2.20. The Balaban J connectivity index is 2.18. The van der Waals surface area contributed by atoms with Crippen molar-refractivity contribution in [2.75, 3.05) is 0 Å². The maximum absolute atomic E-state index is 5.04. The zero-order chi connectivity index (χ0) is 16.4. The van der Waals surface area contributed by atoms with Gasteiger partial charge in [-0.25, -0.2) is 0 Å².